The molecule has 5 heteroatoms. The number of nitrogen functional groups attached to an aromatic ring is 1. The molecule has 0 heterocycles. The first-order chi connectivity index (χ1) is 6.66. The molecule has 0 bridgehead atoms. The minimum Gasteiger partial charge on any atom is -0.398 e. The molecule has 0 unspecified atom stereocenters. The maximum atomic E-state index is 11.4. The van der Waals surface area contributed by atoms with Crippen molar-refractivity contribution in [3.63, 3.8) is 0 Å². The van der Waals surface area contributed by atoms with Crippen LogP contribution in [-0.2, 0) is 4.84 Å². The fourth-order valence-corrected chi connectivity index (χ4v) is 0.966. The van der Waals surface area contributed by atoms with Crippen molar-refractivity contribution in [1.29, 1.82) is 0 Å². The predicted molar refractivity (Wildman–Crippen MR) is 50.4 cm³/mol. The molecule has 74 valence electrons. The van der Waals surface area contributed by atoms with Crippen LogP contribution in [-0.4, -0.2) is 17.4 Å². The number of benzene rings is 1. The zero-order valence-corrected chi connectivity index (χ0v) is 7.77. The SMILES string of the molecule is CCO[N+](=O)C(=O)c1ccccc1N. The lowest BCUT2D eigenvalue weighted by Crippen LogP contribution is -2.19. The van der Waals surface area contributed by atoms with Crippen molar-refractivity contribution >= 4 is 11.6 Å². The van der Waals surface area contributed by atoms with Gasteiger partial charge in [0.05, 0.1) is 4.91 Å². The Labute approximate surface area is 81.0 Å². The average molecular weight is 195 g/mol. The maximum absolute atomic E-state index is 11.4. The molecule has 0 saturated carbocycles. The predicted octanol–water partition coefficient (Wildman–Crippen LogP) is 1.14. The third kappa shape index (κ3) is 2.07. The summed E-state index contributed by atoms with van der Waals surface area (Å²) in [6.45, 7) is 1.76. The number of hydrogen-bond acceptors (Lipinski definition) is 4. The Morgan fingerprint density at radius 2 is 2.14 bits per heavy atom. The molecule has 5 nitrogen and oxygen atoms in total. The zero-order chi connectivity index (χ0) is 10.6. The zero-order valence-electron chi connectivity index (χ0n) is 7.77. The normalized spacial score (nSPS) is 9.50. The minimum atomic E-state index is -0.787. The van der Waals surface area contributed by atoms with E-state index in [1.54, 1.807) is 25.1 Å². The Morgan fingerprint density at radius 1 is 1.50 bits per heavy atom. The Balaban J connectivity index is 2.90. The molecule has 0 radical (unpaired) electrons. The van der Waals surface area contributed by atoms with Crippen LogP contribution >= 0.6 is 0 Å². The molecule has 0 aliphatic heterocycles. The number of nitrogens with zero attached hydrogens (tertiary/aromatic N) is 1. The van der Waals surface area contributed by atoms with Gasteiger partial charge in [0.1, 0.15) is 5.56 Å². The lowest BCUT2D eigenvalue weighted by atomic mass is 10.2. The summed E-state index contributed by atoms with van der Waals surface area (Å²) in [6.07, 6.45) is 0. The highest BCUT2D eigenvalue weighted by Gasteiger charge is 2.28. The summed E-state index contributed by atoms with van der Waals surface area (Å²) in [5, 5.41) is 0. The molecule has 1 rings (SSSR count). The van der Waals surface area contributed by atoms with Crippen molar-refractivity contribution in [1.82, 2.24) is 0 Å². The van der Waals surface area contributed by atoms with Crippen LogP contribution < -0.4 is 5.73 Å². The van der Waals surface area contributed by atoms with Crippen molar-refractivity contribution in [2.24, 2.45) is 0 Å². The highest BCUT2D eigenvalue weighted by atomic mass is 16.8. The molecule has 0 aliphatic carbocycles. The van der Waals surface area contributed by atoms with Crippen LogP contribution in [0, 0.1) is 4.91 Å². The molecule has 0 atom stereocenters. The van der Waals surface area contributed by atoms with Gasteiger partial charge in [-0.3, -0.25) is 0 Å². The Bertz CT molecular complexity index is 363. The number of nitrogens with two attached hydrogens (primary N) is 1. The highest BCUT2D eigenvalue weighted by Crippen LogP contribution is 2.11. The molecular weight excluding hydrogens is 184 g/mol. The van der Waals surface area contributed by atoms with E-state index in [2.05, 4.69) is 4.84 Å². The first-order valence-electron chi connectivity index (χ1n) is 4.15. The van der Waals surface area contributed by atoms with Crippen LogP contribution in [0.3, 0.4) is 0 Å². The third-order valence-corrected chi connectivity index (χ3v) is 1.60. The van der Waals surface area contributed by atoms with Gasteiger partial charge in [-0.25, -0.2) is 9.63 Å². The fraction of sp³-hybridized carbons (Fsp3) is 0.222. The number of hydrogen-bond donors (Lipinski definition) is 1. The van der Waals surface area contributed by atoms with Gasteiger partial charge in [-0.1, -0.05) is 12.1 Å². The molecule has 0 fully saturated rings. The lowest BCUT2D eigenvalue weighted by molar-refractivity contribution is -0.729. The number of amides is 1. The Hall–Kier alpha value is -1.91. The third-order valence-electron chi connectivity index (χ3n) is 1.60. The number of carbonyl (C=O) groups is 1. The Kier molecular flexibility index (Phi) is 3.17. The smallest absolute Gasteiger partial charge is 0.398 e. The molecule has 1 amide bonds. The summed E-state index contributed by atoms with van der Waals surface area (Å²) < 4.78 is 0. The summed E-state index contributed by atoms with van der Waals surface area (Å²) in [5.74, 6) is -0.787. The van der Waals surface area contributed by atoms with Crippen LogP contribution in [0.4, 0.5) is 5.69 Å². The highest BCUT2D eigenvalue weighted by molar-refractivity contribution is 5.93. The van der Waals surface area contributed by atoms with E-state index in [-0.39, 0.29) is 22.8 Å². The summed E-state index contributed by atoms with van der Waals surface area (Å²) in [5.41, 5.74) is 5.92. The van der Waals surface area contributed by atoms with Gasteiger partial charge in [0.2, 0.25) is 0 Å². The van der Waals surface area contributed by atoms with E-state index in [1.165, 1.54) is 6.07 Å². The average Bonchev–Trinajstić information content (AvgIpc) is 2.18. The second-order valence-corrected chi connectivity index (χ2v) is 2.57. The summed E-state index contributed by atoms with van der Waals surface area (Å²) >= 11 is 0. The van der Waals surface area contributed by atoms with Gasteiger partial charge in [0.25, 0.3) is 0 Å². The minimum absolute atomic E-state index is 0.0638. The molecule has 14 heavy (non-hydrogen) atoms. The van der Waals surface area contributed by atoms with Crippen LogP contribution in [0.2, 0.25) is 0 Å². The van der Waals surface area contributed by atoms with Gasteiger partial charge in [0.15, 0.2) is 6.61 Å². The first kappa shape index (κ1) is 10.2. The largest absolute Gasteiger partial charge is 0.524 e. The molecule has 0 spiro atoms. The molecule has 1 aromatic rings. The number of para-hydroxylation sites is 1. The van der Waals surface area contributed by atoms with Crippen molar-refractivity contribution in [3.05, 3.63) is 34.7 Å². The van der Waals surface area contributed by atoms with E-state index in [0.717, 1.165) is 0 Å². The second-order valence-electron chi connectivity index (χ2n) is 2.57. The van der Waals surface area contributed by atoms with Crippen LogP contribution in [0.25, 0.3) is 0 Å². The van der Waals surface area contributed by atoms with E-state index >= 15 is 0 Å². The molecule has 0 aliphatic rings. The second kappa shape index (κ2) is 4.36. The first-order valence-corrected chi connectivity index (χ1v) is 4.15. The van der Waals surface area contributed by atoms with Gasteiger partial charge in [-0.05, 0) is 19.1 Å². The summed E-state index contributed by atoms with van der Waals surface area (Å²) in [4.78, 5) is 26.8. The van der Waals surface area contributed by atoms with Gasteiger partial charge in [0, 0.05) is 5.69 Å². The van der Waals surface area contributed by atoms with Crippen LogP contribution in [0.15, 0.2) is 24.3 Å². The van der Waals surface area contributed by atoms with E-state index in [0.29, 0.717) is 0 Å². The summed E-state index contributed by atoms with van der Waals surface area (Å²) in [6, 6.07) is 6.33. The molecule has 2 N–H and O–H groups in total. The van der Waals surface area contributed by atoms with Crippen molar-refractivity contribution < 1.29 is 14.6 Å². The van der Waals surface area contributed by atoms with E-state index < -0.39 is 5.91 Å². The van der Waals surface area contributed by atoms with Crippen molar-refractivity contribution in [3.8, 4) is 0 Å². The lowest BCUT2D eigenvalue weighted by Gasteiger charge is -1.95. The van der Waals surface area contributed by atoms with Crippen LogP contribution in [0.1, 0.15) is 17.3 Å². The number of anilines is 1. The van der Waals surface area contributed by atoms with E-state index in [4.69, 9.17) is 5.73 Å². The maximum Gasteiger partial charge on any atom is 0.524 e. The van der Waals surface area contributed by atoms with Gasteiger partial charge >= 0.3 is 10.8 Å². The fourth-order valence-electron chi connectivity index (χ4n) is 0.966. The van der Waals surface area contributed by atoms with Crippen LogP contribution in [0.5, 0.6) is 0 Å². The molecular formula is C9H11N2O3+. The molecule has 0 saturated heterocycles. The topological polar surface area (TPSA) is 72.4 Å². The van der Waals surface area contributed by atoms with Crippen molar-refractivity contribution in [2.45, 2.75) is 6.92 Å². The van der Waals surface area contributed by atoms with Crippen molar-refractivity contribution in [2.75, 3.05) is 12.3 Å². The van der Waals surface area contributed by atoms with E-state index in [9.17, 15) is 9.70 Å². The molecule has 1 aromatic carbocycles. The monoisotopic (exact) mass is 195 g/mol. The van der Waals surface area contributed by atoms with Gasteiger partial charge in [-0.15, -0.1) is 0 Å². The summed E-state index contributed by atoms with van der Waals surface area (Å²) in [7, 11) is 0. The Morgan fingerprint density at radius 3 is 2.71 bits per heavy atom. The quantitative estimate of drug-likeness (QED) is 0.579. The number of carbonyl (C=O) groups excluding carboxylic acids is 1. The van der Waals surface area contributed by atoms with Gasteiger partial charge in [-0.2, -0.15) is 0 Å². The molecule has 0 aromatic heterocycles. The van der Waals surface area contributed by atoms with Gasteiger partial charge < -0.3 is 5.73 Å². The standard InChI is InChI=1S/C9H10N2O3/c1-2-14-11(13)9(12)7-5-3-4-6-8(7)10/h3-6H,2H2,1H3,(H-,10,12)/p+1. The van der Waals surface area contributed by atoms with E-state index in [1.807, 2.05) is 0 Å². The number of rotatable bonds is 3.